The molecule has 1 saturated carbocycles. The lowest BCUT2D eigenvalue weighted by Gasteiger charge is -2.19. The van der Waals surface area contributed by atoms with Crippen molar-refractivity contribution in [2.75, 3.05) is 13.1 Å². The Morgan fingerprint density at radius 1 is 1.36 bits per heavy atom. The molecule has 0 heterocycles. The number of amides is 1. The molecule has 1 amide bonds. The fraction of sp³-hybridized carbons (Fsp3) is 0.533. The summed E-state index contributed by atoms with van der Waals surface area (Å²) in [6, 6.07) is 2.87. The van der Waals surface area contributed by atoms with Crippen molar-refractivity contribution in [3.05, 3.63) is 35.1 Å². The van der Waals surface area contributed by atoms with Gasteiger partial charge in [-0.25, -0.2) is 4.39 Å². The number of likely N-dealkylation sites (N-methyl/N-ethyl adjacent to an activating group) is 1. The molecule has 1 aromatic carbocycles. The summed E-state index contributed by atoms with van der Waals surface area (Å²) in [4.78, 5) is 13.8. The first kappa shape index (κ1) is 16.7. The molecule has 1 aliphatic carbocycles. The normalized spacial score (nSPS) is 15.2. The fourth-order valence-corrected chi connectivity index (χ4v) is 2.34. The summed E-state index contributed by atoms with van der Waals surface area (Å²) >= 11 is 0. The number of carbonyl (C=O) groups is 1. The Morgan fingerprint density at radius 2 is 2.05 bits per heavy atom. The minimum atomic E-state index is -4.65. The maximum absolute atomic E-state index is 13.0. The van der Waals surface area contributed by atoms with Crippen molar-refractivity contribution in [3.8, 4) is 0 Å². The van der Waals surface area contributed by atoms with Crippen LogP contribution >= 0.6 is 0 Å². The summed E-state index contributed by atoms with van der Waals surface area (Å²) in [5, 5.41) is 2.48. The van der Waals surface area contributed by atoms with Gasteiger partial charge in [-0.05, 0) is 37.1 Å². The van der Waals surface area contributed by atoms with E-state index < -0.39 is 17.6 Å². The maximum Gasteiger partial charge on any atom is 0.416 e. The van der Waals surface area contributed by atoms with E-state index in [1.54, 1.807) is 0 Å². The lowest BCUT2D eigenvalue weighted by atomic mass is 10.1. The van der Waals surface area contributed by atoms with Gasteiger partial charge in [0.1, 0.15) is 5.82 Å². The molecular formula is C15H18F4N2O. The summed E-state index contributed by atoms with van der Waals surface area (Å²) in [5.41, 5.74) is -1.20. The van der Waals surface area contributed by atoms with E-state index in [9.17, 15) is 22.4 Å². The number of rotatable bonds is 6. The Hall–Kier alpha value is -1.63. The Kier molecular flexibility index (Phi) is 5.05. The zero-order chi connectivity index (χ0) is 16.3. The van der Waals surface area contributed by atoms with Crippen LogP contribution in [0.1, 0.15) is 30.9 Å². The minimum Gasteiger partial charge on any atom is -0.351 e. The van der Waals surface area contributed by atoms with E-state index in [1.165, 1.54) is 0 Å². The van der Waals surface area contributed by atoms with Crippen molar-refractivity contribution < 1.29 is 22.4 Å². The number of alkyl halides is 3. The molecule has 0 unspecified atom stereocenters. The number of benzene rings is 1. The van der Waals surface area contributed by atoms with Gasteiger partial charge < -0.3 is 5.32 Å². The maximum atomic E-state index is 13.0. The third kappa shape index (κ3) is 4.43. The van der Waals surface area contributed by atoms with Crippen LogP contribution in [0.15, 0.2) is 18.2 Å². The second-order valence-corrected chi connectivity index (χ2v) is 5.37. The first-order valence-corrected chi connectivity index (χ1v) is 7.17. The van der Waals surface area contributed by atoms with Gasteiger partial charge in [0.25, 0.3) is 0 Å². The van der Waals surface area contributed by atoms with Crippen molar-refractivity contribution in [2.45, 2.75) is 38.5 Å². The monoisotopic (exact) mass is 318 g/mol. The highest BCUT2D eigenvalue weighted by atomic mass is 19.4. The van der Waals surface area contributed by atoms with Gasteiger partial charge in [0.15, 0.2) is 0 Å². The van der Waals surface area contributed by atoms with Crippen LogP contribution in [0.4, 0.5) is 17.6 Å². The van der Waals surface area contributed by atoms with E-state index in [4.69, 9.17) is 0 Å². The topological polar surface area (TPSA) is 32.3 Å². The molecule has 1 aromatic rings. The van der Waals surface area contributed by atoms with E-state index in [0.717, 1.165) is 31.5 Å². The van der Waals surface area contributed by atoms with Crippen LogP contribution in [0.25, 0.3) is 0 Å². The highest BCUT2D eigenvalue weighted by Crippen LogP contribution is 2.32. The lowest BCUT2D eigenvalue weighted by molar-refractivity contribution is -0.138. The molecule has 2 rings (SSSR count). The van der Waals surface area contributed by atoms with Gasteiger partial charge in [-0.2, -0.15) is 13.2 Å². The number of nitrogens with zero attached hydrogens (tertiary/aromatic N) is 1. The Bertz CT molecular complexity index is 541. The highest BCUT2D eigenvalue weighted by molar-refractivity contribution is 5.78. The minimum absolute atomic E-state index is 0.142. The van der Waals surface area contributed by atoms with Crippen molar-refractivity contribution in [1.82, 2.24) is 10.2 Å². The van der Waals surface area contributed by atoms with Crippen LogP contribution < -0.4 is 5.32 Å². The second kappa shape index (κ2) is 6.64. The van der Waals surface area contributed by atoms with Gasteiger partial charge in [0, 0.05) is 12.6 Å². The number of hydrogen-bond acceptors (Lipinski definition) is 2. The van der Waals surface area contributed by atoms with Crippen LogP contribution in [0.2, 0.25) is 0 Å². The quantitative estimate of drug-likeness (QED) is 0.818. The number of hydrogen-bond donors (Lipinski definition) is 1. The van der Waals surface area contributed by atoms with Crippen LogP contribution in [0.5, 0.6) is 0 Å². The van der Waals surface area contributed by atoms with Gasteiger partial charge in [0.2, 0.25) is 5.91 Å². The molecule has 0 atom stereocenters. The molecule has 3 nitrogen and oxygen atoms in total. The molecule has 0 radical (unpaired) electrons. The fourth-order valence-electron chi connectivity index (χ4n) is 2.34. The standard InChI is InChI=1S/C15H18F4N2O/c1-2-21(12-5-6-12)9-14(22)20-8-10-3-4-11(16)7-13(10)15(17,18)19/h3-4,7,12H,2,5-6,8-9H2,1H3,(H,20,22). The van der Waals surface area contributed by atoms with E-state index in [-0.39, 0.29) is 24.6 Å². The third-order valence-corrected chi connectivity index (χ3v) is 3.67. The van der Waals surface area contributed by atoms with Crippen molar-refractivity contribution >= 4 is 5.91 Å². The van der Waals surface area contributed by atoms with Crippen LogP contribution in [-0.4, -0.2) is 29.9 Å². The smallest absolute Gasteiger partial charge is 0.351 e. The second-order valence-electron chi connectivity index (χ2n) is 5.37. The highest BCUT2D eigenvalue weighted by Gasteiger charge is 2.34. The zero-order valence-electron chi connectivity index (χ0n) is 12.2. The predicted molar refractivity (Wildman–Crippen MR) is 73.5 cm³/mol. The zero-order valence-corrected chi connectivity index (χ0v) is 12.2. The summed E-state index contributed by atoms with van der Waals surface area (Å²) < 4.78 is 51.5. The molecule has 122 valence electrons. The SMILES string of the molecule is CCN(CC(=O)NCc1ccc(F)cc1C(F)(F)F)C1CC1. The molecule has 1 fully saturated rings. The Balaban J connectivity index is 1.97. The first-order valence-electron chi connectivity index (χ1n) is 7.17. The lowest BCUT2D eigenvalue weighted by Crippen LogP contribution is -2.38. The van der Waals surface area contributed by atoms with Crippen LogP contribution in [0.3, 0.4) is 0 Å². The van der Waals surface area contributed by atoms with Crippen molar-refractivity contribution in [2.24, 2.45) is 0 Å². The first-order chi connectivity index (χ1) is 10.3. The number of halogens is 4. The summed E-state index contributed by atoms with van der Waals surface area (Å²) in [6.07, 6.45) is -2.54. The molecule has 1 aliphatic rings. The average Bonchev–Trinajstić information content (AvgIpc) is 3.27. The van der Waals surface area contributed by atoms with Gasteiger partial charge >= 0.3 is 6.18 Å². The molecule has 0 bridgehead atoms. The molecule has 7 heteroatoms. The van der Waals surface area contributed by atoms with Crippen LogP contribution in [-0.2, 0) is 17.5 Å². The van der Waals surface area contributed by atoms with Crippen molar-refractivity contribution in [3.63, 3.8) is 0 Å². The van der Waals surface area contributed by atoms with Gasteiger partial charge in [-0.15, -0.1) is 0 Å². The van der Waals surface area contributed by atoms with E-state index >= 15 is 0 Å². The molecular weight excluding hydrogens is 300 g/mol. The molecule has 22 heavy (non-hydrogen) atoms. The average molecular weight is 318 g/mol. The molecule has 1 N–H and O–H groups in total. The van der Waals surface area contributed by atoms with Gasteiger partial charge in [0.05, 0.1) is 12.1 Å². The third-order valence-electron chi connectivity index (χ3n) is 3.67. The van der Waals surface area contributed by atoms with Crippen molar-refractivity contribution in [1.29, 1.82) is 0 Å². The summed E-state index contributed by atoms with van der Waals surface area (Å²) in [6.45, 7) is 2.57. The molecule has 0 spiro atoms. The predicted octanol–water partition coefficient (Wildman–Crippen LogP) is 2.95. The number of carbonyl (C=O) groups excluding carboxylic acids is 1. The van der Waals surface area contributed by atoms with E-state index in [1.807, 2.05) is 11.8 Å². The largest absolute Gasteiger partial charge is 0.416 e. The Morgan fingerprint density at radius 3 is 2.59 bits per heavy atom. The van der Waals surface area contributed by atoms with Gasteiger partial charge in [-0.1, -0.05) is 13.0 Å². The van der Waals surface area contributed by atoms with E-state index in [0.29, 0.717) is 12.1 Å². The molecule has 0 aromatic heterocycles. The molecule has 0 aliphatic heterocycles. The Labute approximate surface area is 126 Å². The van der Waals surface area contributed by atoms with Crippen LogP contribution in [0, 0.1) is 5.82 Å². The number of nitrogens with one attached hydrogen (secondary N) is 1. The molecule has 0 saturated heterocycles. The van der Waals surface area contributed by atoms with E-state index in [2.05, 4.69) is 5.32 Å². The van der Waals surface area contributed by atoms with Gasteiger partial charge in [-0.3, -0.25) is 9.69 Å². The summed E-state index contributed by atoms with van der Waals surface area (Å²) in [7, 11) is 0. The summed E-state index contributed by atoms with van der Waals surface area (Å²) in [5.74, 6) is -1.28.